The zero-order chi connectivity index (χ0) is 21.3. The quantitative estimate of drug-likeness (QED) is 0.734. The van der Waals surface area contributed by atoms with Crippen molar-refractivity contribution in [1.29, 1.82) is 0 Å². The lowest BCUT2D eigenvalue weighted by atomic mass is 9.75. The third-order valence-electron chi connectivity index (χ3n) is 6.32. The molecular weight excluding hydrogens is 382 g/mol. The highest BCUT2D eigenvalue weighted by Crippen LogP contribution is 2.47. The summed E-state index contributed by atoms with van der Waals surface area (Å²) < 4.78 is 17.0. The molecule has 1 saturated carbocycles. The summed E-state index contributed by atoms with van der Waals surface area (Å²) in [4.78, 5) is 26.4. The van der Waals surface area contributed by atoms with Gasteiger partial charge in [0.15, 0.2) is 17.3 Å². The number of dihydropyridines is 1. The standard InChI is InChI=1S/C24H29NO5/c1-14-20(24(27)30-15-8-4-5-9-15)21(22-17(25-14)11-7-12-18(22)26)16-10-6-13-19(28-2)23(16)29-3/h6,10,13,15,21,25H,4-5,7-9,11-12H2,1-3H3. The average molecular weight is 411 g/mol. The molecule has 3 aliphatic rings. The molecule has 1 aromatic carbocycles. The van der Waals surface area contributed by atoms with Crippen LogP contribution in [0, 0.1) is 0 Å². The SMILES string of the molecule is COc1cccc(C2C(C(=O)OC3CCCC3)=C(C)NC3=C2C(=O)CCC3)c1OC. The largest absolute Gasteiger partial charge is 0.493 e. The van der Waals surface area contributed by atoms with Gasteiger partial charge in [0.25, 0.3) is 0 Å². The van der Waals surface area contributed by atoms with E-state index < -0.39 is 5.92 Å². The third-order valence-corrected chi connectivity index (χ3v) is 6.32. The molecule has 1 atom stereocenters. The Kier molecular flexibility index (Phi) is 5.84. The Morgan fingerprint density at radius 2 is 1.83 bits per heavy atom. The van der Waals surface area contributed by atoms with Crippen molar-refractivity contribution in [3.05, 3.63) is 46.3 Å². The Balaban J connectivity index is 1.84. The molecule has 1 fully saturated rings. The predicted molar refractivity (Wildman–Crippen MR) is 112 cm³/mol. The first-order chi connectivity index (χ1) is 14.5. The lowest BCUT2D eigenvalue weighted by Crippen LogP contribution is -2.35. The van der Waals surface area contributed by atoms with Crippen molar-refractivity contribution in [1.82, 2.24) is 5.32 Å². The minimum atomic E-state index is -0.534. The van der Waals surface area contributed by atoms with Crippen LogP contribution in [0.2, 0.25) is 0 Å². The molecule has 0 bridgehead atoms. The number of ketones is 1. The molecule has 4 rings (SSSR count). The molecule has 0 spiro atoms. The number of nitrogens with one attached hydrogen (secondary N) is 1. The average Bonchev–Trinajstić information content (AvgIpc) is 3.25. The Labute approximate surface area is 177 Å². The number of benzene rings is 1. The van der Waals surface area contributed by atoms with Gasteiger partial charge in [-0.05, 0) is 51.5 Å². The number of allylic oxidation sites excluding steroid dienone is 3. The molecule has 0 radical (unpaired) electrons. The fourth-order valence-corrected chi connectivity index (χ4v) is 4.93. The van der Waals surface area contributed by atoms with Crippen LogP contribution in [-0.2, 0) is 14.3 Å². The van der Waals surface area contributed by atoms with E-state index in [1.807, 2.05) is 25.1 Å². The van der Waals surface area contributed by atoms with Gasteiger partial charge in [-0.15, -0.1) is 0 Å². The van der Waals surface area contributed by atoms with Crippen LogP contribution in [-0.4, -0.2) is 32.1 Å². The van der Waals surface area contributed by atoms with Gasteiger partial charge >= 0.3 is 5.97 Å². The molecule has 30 heavy (non-hydrogen) atoms. The topological polar surface area (TPSA) is 73.9 Å². The number of hydrogen-bond acceptors (Lipinski definition) is 6. The maximum Gasteiger partial charge on any atom is 0.337 e. The van der Waals surface area contributed by atoms with E-state index in [2.05, 4.69) is 5.32 Å². The Morgan fingerprint density at radius 3 is 2.53 bits per heavy atom. The van der Waals surface area contributed by atoms with Gasteiger partial charge in [0.2, 0.25) is 0 Å². The molecule has 1 heterocycles. The molecule has 1 unspecified atom stereocenters. The second kappa shape index (κ2) is 8.54. The van der Waals surface area contributed by atoms with Crippen molar-refractivity contribution < 1.29 is 23.8 Å². The fraction of sp³-hybridized carbons (Fsp3) is 0.500. The van der Waals surface area contributed by atoms with E-state index in [4.69, 9.17) is 14.2 Å². The highest BCUT2D eigenvalue weighted by Gasteiger charge is 2.41. The van der Waals surface area contributed by atoms with E-state index in [-0.39, 0.29) is 17.9 Å². The molecule has 2 aliphatic carbocycles. The molecule has 0 aromatic heterocycles. The summed E-state index contributed by atoms with van der Waals surface area (Å²) >= 11 is 0. The maximum absolute atomic E-state index is 13.4. The number of hydrogen-bond donors (Lipinski definition) is 1. The Hall–Kier alpha value is -2.76. The van der Waals surface area contributed by atoms with Crippen molar-refractivity contribution in [2.45, 2.75) is 63.9 Å². The Bertz CT molecular complexity index is 924. The van der Waals surface area contributed by atoms with Gasteiger partial charge < -0.3 is 19.5 Å². The van der Waals surface area contributed by atoms with Gasteiger partial charge in [-0.25, -0.2) is 4.79 Å². The minimum Gasteiger partial charge on any atom is -0.493 e. The van der Waals surface area contributed by atoms with E-state index in [1.165, 1.54) is 0 Å². The number of methoxy groups -OCH3 is 2. The minimum absolute atomic E-state index is 0.0527. The molecule has 0 saturated heterocycles. The van der Waals surface area contributed by atoms with Crippen LogP contribution in [0.4, 0.5) is 0 Å². The van der Waals surface area contributed by atoms with Crippen LogP contribution in [0.1, 0.15) is 63.4 Å². The van der Waals surface area contributed by atoms with E-state index in [1.54, 1.807) is 14.2 Å². The highest BCUT2D eigenvalue weighted by molar-refractivity contribution is 6.04. The molecule has 1 aromatic rings. The summed E-state index contributed by atoms with van der Waals surface area (Å²) in [6.45, 7) is 1.88. The number of rotatable bonds is 5. The number of Topliss-reactive ketones (excluding diaryl/α,β-unsaturated/α-hetero) is 1. The van der Waals surface area contributed by atoms with Crippen LogP contribution in [0.25, 0.3) is 0 Å². The summed E-state index contributed by atoms with van der Waals surface area (Å²) in [6, 6.07) is 5.58. The number of ether oxygens (including phenoxy) is 3. The smallest absolute Gasteiger partial charge is 0.337 e. The van der Waals surface area contributed by atoms with Crippen LogP contribution in [0.5, 0.6) is 11.5 Å². The number of esters is 1. The zero-order valence-corrected chi connectivity index (χ0v) is 17.9. The first-order valence-electron chi connectivity index (χ1n) is 10.7. The van der Waals surface area contributed by atoms with Gasteiger partial charge in [-0.3, -0.25) is 4.79 Å². The van der Waals surface area contributed by atoms with Crippen molar-refractivity contribution in [2.24, 2.45) is 0 Å². The van der Waals surface area contributed by atoms with Gasteiger partial charge in [-0.2, -0.15) is 0 Å². The summed E-state index contributed by atoms with van der Waals surface area (Å²) in [6.07, 6.45) is 5.96. The van der Waals surface area contributed by atoms with Crippen molar-refractivity contribution in [2.75, 3.05) is 14.2 Å². The molecule has 6 heteroatoms. The molecule has 0 amide bonds. The maximum atomic E-state index is 13.4. The number of para-hydroxylation sites is 1. The zero-order valence-electron chi connectivity index (χ0n) is 17.9. The molecule has 160 valence electrons. The van der Waals surface area contributed by atoms with E-state index in [9.17, 15) is 9.59 Å². The fourth-order valence-electron chi connectivity index (χ4n) is 4.93. The van der Waals surface area contributed by atoms with Crippen LogP contribution in [0.3, 0.4) is 0 Å². The van der Waals surface area contributed by atoms with Crippen LogP contribution in [0.15, 0.2) is 40.7 Å². The number of carbonyl (C=O) groups excluding carboxylic acids is 2. The van der Waals surface area contributed by atoms with Gasteiger partial charge in [-0.1, -0.05) is 12.1 Å². The van der Waals surface area contributed by atoms with Crippen LogP contribution < -0.4 is 14.8 Å². The molecule has 1 aliphatic heterocycles. The van der Waals surface area contributed by atoms with Crippen molar-refractivity contribution in [3.63, 3.8) is 0 Å². The first-order valence-corrected chi connectivity index (χ1v) is 10.7. The summed E-state index contributed by atoms with van der Waals surface area (Å²) in [5, 5.41) is 3.34. The lowest BCUT2D eigenvalue weighted by molar-refractivity contribution is -0.144. The third kappa shape index (κ3) is 3.59. The van der Waals surface area contributed by atoms with Gasteiger partial charge in [0.05, 0.1) is 25.7 Å². The van der Waals surface area contributed by atoms with Crippen LogP contribution >= 0.6 is 0 Å². The first kappa shape index (κ1) is 20.5. The summed E-state index contributed by atoms with van der Waals surface area (Å²) in [5.41, 5.74) is 3.52. The monoisotopic (exact) mass is 411 g/mol. The van der Waals surface area contributed by atoms with E-state index in [0.717, 1.165) is 55.5 Å². The van der Waals surface area contributed by atoms with Gasteiger partial charge in [0.1, 0.15) is 6.10 Å². The normalized spacial score (nSPS) is 22.0. The summed E-state index contributed by atoms with van der Waals surface area (Å²) in [5.74, 6) is 0.285. The highest BCUT2D eigenvalue weighted by atomic mass is 16.5. The second-order valence-corrected chi connectivity index (χ2v) is 8.16. The second-order valence-electron chi connectivity index (χ2n) is 8.16. The molecular formula is C24H29NO5. The molecule has 6 nitrogen and oxygen atoms in total. The summed E-state index contributed by atoms with van der Waals surface area (Å²) in [7, 11) is 3.16. The predicted octanol–water partition coefficient (Wildman–Crippen LogP) is 4.16. The molecule has 1 N–H and O–H groups in total. The number of carbonyl (C=O) groups is 2. The van der Waals surface area contributed by atoms with Crippen molar-refractivity contribution >= 4 is 11.8 Å². The van der Waals surface area contributed by atoms with E-state index >= 15 is 0 Å². The van der Waals surface area contributed by atoms with Gasteiger partial charge in [0, 0.05) is 29.0 Å². The Morgan fingerprint density at radius 1 is 1.07 bits per heavy atom. The van der Waals surface area contributed by atoms with Crippen molar-refractivity contribution in [3.8, 4) is 11.5 Å². The lowest BCUT2D eigenvalue weighted by Gasteiger charge is -2.35. The van der Waals surface area contributed by atoms with E-state index in [0.29, 0.717) is 29.1 Å².